The smallest absolute Gasteiger partial charge is 0.331 e. The summed E-state index contributed by atoms with van der Waals surface area (Å²) in [4.78, 5) is 14.2. The molecule has 110 valence electrons. The van der Waals surface area contributed by atoms with Crippen LogP contribution in [0.25, 0.3) is 0 Å². The molecule has 2 aromatic rings. The summed E-state index contributed by atoms with van der Waals surface area (Å²) in [6.45, 7) is 0. The maximum absolute atomic E-state index is 11.0. The molecule has 0 fully saturated rings. The minimum Gasteiger partial charge on any atom is -0.496 e. The number of benzene rings is 1. The summed E-state index contributed by atoms with van der Waals surface area (Å²) in [7, 11) is 2.97. The standard InChI is InChI=1S/C13H13N3O5/c1-19-8-5-9(20-2)7-10(6-8)21-13-11(16(17)18)3-4-12(14)15-13/h3-7H,1-2H3,(H2,14,15). The highest BCUT2D eigenvalue weighted by Crippen LogP contribution is 2.34. The van der Waals surface area contributed by atoms with Crippen molar-refractivity contribution < 1.29 is 19.1 Å². The lowest BCUT2D eigenvalue weighted by molar-refractivity contribution is -0.386. The molecule has 21 heavy (non-hydrogen) atoms. The summed E-state index contributed by atoms with van der Waals surface area (Å²) >= 11 is 0. The molecule has 0 radical (unpaired) electrons. The molecule has 8 heteroatoms. The number of ether oxygens (including phenoxy) is 3. The van der Waals surface area contributed by atoms with Crippen molar-refractivity contribution in [3.05, 3.63) is 40.4 Å². The van der Waals surface area contributed by atoms with Gasteiger partial charge in [0.05, 0.1) is 19.1 Å². The van der Waals surface area contributed by atoms with Crippen molar-refractivity contribution in [2.45, 2.75) is 0 Å². The van der Waals surface area contributed by atoms with Gasteiger partial charge in [0, 0.05) is 24.3 Å². The number of methoxy groups -OCH3 is 2. The molecule has 1 aromatic carbocycles. The number of nitrogens with two attached hydrogens (primary N) is 1. The molecule has 0 amide bonds. The number of pyridine rings is 1. The van der Waals surface area contributed by atoms with E-state index < -0.39 is 4.92 Å². The molecule has 1 aromatic heterocycles. The Morgan fingerprint density at radius 2 is 1.67 bits per heavy atom. The molecule has 2 N–H and O–H groups in total. The summed E-state index contributed by atoms with van der Waals surface area (Å²) < 4.78 is 15.6. The van der Waals surface area contributed by atoms with Crippen LogP contribution in [0.3, 0.4) is 0 Å². The Morgan fingerprint density at radius 1 is 1.10 bits per heavy atom. The van der Waals surface area contributed by atoms with Crippen molar-refractivity contribution >= 4 is 11.5 Å². The predicted octanol–water partition coefficient (Wildman–Crippen LogP) is 2.38. The van der Waals surface area contributed by atoms with E-state index in [-0.39, 0.29) is 23.1 Å². The SMILES string of the molecule is COc1cc(OC)cc(Oc2nc(N)ccc2[N+](=O)[O-])c1. The van der Waals surface area contributed by atoms with Crippen LogP contribution in [0.5, 0.6) is 23.1 Å². The Kier molecular flexibility index (Phi) is 4.07. The van der Waals surface area contributed by atoms with Gasteiger partial charge in [0.15, 0.2) is 0 Å². The first-order valence-electron chi connectivity index (χ1n) is 5.85. The molecule has 0 aliphatic rings. The molecule has 0 saturated heterocycles. The third-order valence-electron chi connectivity index (χ3n) is 2.60. The van der Waals surface area contributed by atoms with Crippen molar-refractivity contribution in [1.82, 2.24) is 4.98 Å². The van der Waals surface area contributed by atoms with Gasteiger partial charge in [0.2, 0.25) is 0 Å². The van der Waals surface area contributed by atoms with Crippen molar-refractivity contribution in [1.29, 1.82) is 0 Å². The van der Waals surface area contributed by atoms with Crippen LogP contribution in [0.4, 0.5) is 11.5 Å². The van der Waals surface area contributed by atoms with Gasteiger partial charge in [0.25, 0.3) is 0 Å². The Morgan fingerprint density at radius 3 is 2.19 bits per heavy atom. The van der Waals surface area contributed by atoms with E-state index in [1.165, 1.54) is 26.4 Å². The lowest BCUT2D eigenvalue weighted by Gasteiger charge is -2.09. The zero-order valence-electron chi connectivity index (χ0n) is 11.4. The minimum absolute atomic E-state index is 0.116. The van der Waals surface area contributed by atoms with Gasteiger partial charge >= 0.3 is 11.6 Å². The molecule has 0 atom stereocenters. The molecule has 2 rings (SSSR count). The van der Waals surface area contributed by atoms with E-state index in [9.17, 15) is 10.1 Å². The van der Waals surface area contributed by atoms with Gasteiger partial charge in [0.1, 0.15) is 23.1 Å². The van der Waals surface area contributed by atoms with Gasteiger partial charge in [-0.25, -0.2) is 0 Å². The van der Waals surface area contributed by atoms with Crippen LogP contribution >= 0.6 is 0 Å². The van der Waals surface area contributed by atoms with Gasteiger partial charge in [-0.3, -0.25) is 10.1 Å². The summed E-state index contributed by atoms with van der Waals surface area (Å²) in [5.41, 5.74) is 5.24. The molecule has 8 nitrogen and oxygen atoms in total. The minimum atomic E-state index is -0.598. The summed E-state index contributed by atoms with van der Waals surface area (Å²) in [6, 6.07) is 7.31. The van der Waals surface area contributed by atoms with Crippen molar-refractivity contribution in [3.8, 4) is 23.1 Å². The summed E-state index contributed by atoms with van der Waals surface area (Å²) in [6.07, 6.45) is 0. The number of nitrogen functional groups attached to an aromatic ring is 1. The Hall–Kier alpha value is -3.03. The van der Waals surface area contributed by atoms with Crippen LogP contribution in [0, 0.1) is 10.1 Å². The second kappa shape index (κ2) is 5.95. The average Bonchev–Trinajstić information content (AvgIpc) is 2.46. The highest BCUT2D eigenvalue weighted by atomic mass is 16.6. The highest BCUT2D eigenvalue weighted by molar-refractivity contribution is 5.50. The van der Waals surface area contributed by atoms with E-state index in [1.807, 2.05) is 0 Å². The summed E-state index contributed by atoms with van der Waals surface area (Å²) in [5, 5.41) is 11.0. The Balaban J connectivity index is 2.42. The molecular weight excluding hydrogens is 278 g/mol. The number of rotatable bonds is 5. The average molecular weight is 291 g/mol. The monoisotopic (exact) mass is 291 g/mol. The normalized spacial score (nSPS) is 10.0. The van der Waals surface area contributed by atoms with E-state index in [0.717, 1.165) is 0 Å². The number of nitro groups is 1. The van der Waals surface area contributed by atoms with Crippen molar-refractivity contribution in [2.24, 2.45) is 0 Å². The van der Waals surface area contributed by atoms with E-state index in [0.29, 0.717) is 11.5 Å². The number of hydrogen-bond acceptors (Lipinski definition) is 7. The molecule has 0 aliphatic heterocycles. The molecule has 0 saturated carbocycles. The molecule has 0 spiro atoms. The first-order chi connectivity index (χ1) is 10.0. The lowest BCUT2D eigenvalue weighted by Crippen LogP contribution is -1.99. The van der Waals surface area contributed by atoms with Crippen LogP contribution in [0.2, 0.25) is 0 Å². The highest BCUT2D eigenvalue weighted by Gasteiger charge is 2.18. The maximum Gasteiger partial charge on any atom is 0.331 e. The first-order valence-corrected chi connectivity index (χ1v) is 5.85. The van der Waals surface area contributed by atoms with Gasteiger partial charge in [-0.2, -0.15) is 4.98 Å². The number of nitrogens with zero attached hydrogens (tertiary/aromatic N) is 2. The topological polar surface area (TPSA) is 110 Å². The first kappa shape index (κ1) is 14.4. The Bertz CT molecular complexity index is 653. The molecular formula is C13H13N3O5. The third-order valence-corrected chi connectivity index (χ3v) is 2.60. The van der Waals surface area contributed by atoms with Crippen LogP contribution in [0.1, 0.15) is 0 Å². The van der Waals surface area contributed by atoms with E-state index in [2.05, 4.69) is 4.98 Å². The lowest BCUT2D eigenvalue weighted by atomic mass is 10.3. The number of hydrogen-bond donors (Lipinski definition) is 1. The van der Waals surface area contributed by atoms with Crippen LogP contribution in [-0.2, 0) is 0 Å². The van der Waals surface area contributed by atoms with E-state index >= 15 is 0 Å². The third kappa shape index (κ3) is 3.30. The zero-order chi connectivity index (χ0) is 15.4. The van der Waals surface area contributed by atoms with Gasteiger partial charge in [-0.05, 0) is 6.07 Å². The Labute approximate surface area is 120 Å². The fourth-order valence-electron chi connectivity index (χ4n) is 1.61. The molecule has 0 unspecified atom stereocenters. The fourth-order valence-corrected chi connectivity index (χ4v) is 1.61. The quantitative estimate of drug-likeness (QED) is 0.665. The van der Waals surface area contributed by atoms with Gasteiger partial charge in [-0.15, -0.1) is 0 Å². The zero-order valence-corrected chi connectivity index (χ0v) is 11.4. The second-order valence-electron chi connectivity index (χ2n) is 3.97. The van der Waals surface area contributed by atoms with Crippen LogP contribution in [-0.4, -0.2) is 24.1 Å². The van der Waals surface area contributed by atoms with Crippen molar-refractivity contribution in [2.75, 3.05) is 20.0 Å². The fraction of sp³-hybridized carbons (Fsp3) is 0.154. The number of aromatic nitrogens is 1. The molecule has 0 bridgehead atoms. The maximum atomic E-state index is 11.0. The van der Waals surface area contributed by atoms with Gasteiger partial charge in [-0.1, -0.05) is 0 Å². The van der Waals surface area contributed by atoms with Crippen molar-refractivity contribution in [3.63, 3.8) is 0 Å². The predicted molar refractivity (Wildman–Crippen MR) is 74.9 cm³/mol. The largest absolute Gasteiger partial charge is 0.496 e. The van der Waals surface area contributed by atoms with E-state index in [1.54, 1.807) is 18.2 Å². The summed E-state index contributed by atoms with van der Waals surface area (Å²) in [5.74, 6) is 1.17. The second-order valence-corrected chi connectivity index (χ2v) is 3.97. The number of anilines is 1. The molecule has 0 aliphatic carbocycles. The van der Waals surface area contributed by atoms with E-state index in [4.69, 9.17) is 19.9 Å². The van der Waals surface area contributed by atoms with Gasteiger partial charge < -0.3 is 19.9 Å². The van der Waals surface area contributed by atoms with Crippen LogP contribution in [0.15, 0.2) is 30.3 Å². The van der Waals surface area contributed by atoms with Crippen LogP contribution < -0.4 is 19.9 Å². The molecule has 1 heterocycles.